The zero-order chi connectivity index (χ0) is 15.4. The van der Waals surface area contributed by atoms with Gasteiger partial charge in [0.2, 0.25) is 0 Å². The van der Waals surface area contributed by atoms with Gasteiger partial charge in [0, 0.05) is 11.3 Å². The lowest BCUT2D eigenvalue weighted by Crippen LogP contribution is -2.43. The molecule has 0 aromatic carbocycles. The first-order valence-electron chi connectivity index (χ1n) is 8.69. The number of carbonyl (C=O) groups is 1. The van der Waals surface area contributed by atoms with Crippen LogP contribution in [0.25, 0.3) is 0 Å². The van der Waals surface area contributed by atoms with Gasteiger partial charge in [-0.3, -0.25) is 4.79 Å². The number of ketones is 1. The lowest BCUT2D eigenvalue weighted by molar-refractivity contribution is -0.138. The highest BCUT2D eigenvalue weighted by molar-refractivity contribution is 5.89. The number of fused-ring (bicyclic) bond motifs is 1. The number of hydrogen-bond donors (Lipinski definition) is 0. The molecule has 3 fully saturated rings. The molecule has 0 saturated heterocycles. The predicted octanol–water partition coefficient (Wildman–Crippen LogP) is 5.03. The standard InChI is InChI=1S/C20H30O/c1-6-9-15-17-16(19(17,4)5)12-13(3)20(18(15)21)11-8-10-14(20)7-2/h6-7,13-17H,1-2,8-12H2,3-5H3/t13-,14-,15+,16-,17+,20-/m1/s1. The van der Waals surface area contributed by atoms with Crippen molar-refractivity contribution in [2.45, 2.75) is 52.9 Å². The van der Waals surface area contributed by atoms with E-state index in [1.807, 2.05) is 6.08 Å². The van der Waals surface area contributed by atoms with E-state index in [0.29, 0.717) is 29.0 Å². The largest absolute Gasteiger partial charge is 0.299 e. The van der Waals surface area contributed by atoms with E-state index >= 15 is 0 Å². The Morgan fingerprint density at radius 1 is 1.33 bits per heavy atom. The molecule has 0 heterocycles. The molecule has 116 valence electrons. The molecule has 0 radical (unpaired) electrons. The van der Waals surface area contributed by atoms with Crippen molar-refractivity contribution in [3.05, 3.63) is 25.3 Å². The molecule has 3 aliphatic rings. The minimum Gasteiger partial charge on any atom is -0.299 e. The van der Waals surface area contributed by atoms with Crippen LogP contribution in [-0.2, 0) is 4.79 Å². The Morgan fingerprint density at radius 2 is 2.05 bits per heavy atom. The number of hydrogen-bond acceptors (Lipinski definition) is 1. The third kappa shape index (κ3) is 1.85. The molecule has 0 aromatic heterocycles. The summed E-state index contributed by atoms with van der Waals surface area (Å²) in [7, 11) is 0. The van der Waals surface area contributed by atoms with E-state index in [4.69, 9.17) is 0 Å². The summed E-state index contributed by atoms with van der Waals surface area (Å²) in [6.07, 6.45) is 9.55. The van der Waals surface area contributed by atoms with Crippen LogP contribution in [0.3, 0.4) is 0 Å². The van der Waals surface area contributed by atoms with E-state index in [0.717, 1.165) is 25.2 Å². The van der Waals surface area contributed by atoms with Crippen LogP contribution in [0.15, 0.2) is 25.3 Å². The maximum atomic E-state index is 13.6. The molecule has 1 heteroatoms. The Bertz CT molecular complexity index is 474. The number of allylic oxidation sites excluding steroid dienone is 2. The van der Waals surface area contributed by atoms with E-state index in [9.17, 15) is 4.79 Å². The van der Waals surface area contributed by atoms with E-state index in [1.54, 1.807) is 0 Å². The van der Waals surface area contributed by atoms with Gasteiger partial charge in [-0.2, -0.15) is 0 Å². The Kier molecular flexibility index (Phi) is 3.46. The molecule has 0 amide bonds. The molecule has 3 saturated carbocycles. The van der Waals surface area contributed by atoms with Gasteiger partial charge in [0.05, 0.1) is 0 Å². The van der Waals surface area contributed by atoms with Crippen molar-refractivity contribution in [1.82, 2.24) is 0 Å². The second-order valence-electron chi connectivity index (χ2n) is 8.36. The van der Waals surface area contributed by atoms with Crippen LogP contribution >= 0.6 is 0 Å². The van der Waals surface area contributed by atoms with Crippen molar-refractivity contribution in [2.75, 3.05) is 0 Å². The summed E-state index contributed by atoms with van der Waals surface area (Å²) < 4.78 is 0. The quantitative estimate of drug-likeness (QED) is 0.665. The topological polar surface area (TPSA) is 17.1 Å². The molecule has 0 N–H and O–H groups in total. The zero-order valence-corrected chi connectivity index (χ0v) is 13.9. The average molecular weight is 286 g/mol. The fourth-order valence-corrected chi connectivity index (χ4v) is 6.11. The second kappa shape index (κ2) is 4.83. The normalized spacial score (nSPS) is 47.8. The third-order valence-electron chi connectivity index (χ3n) is 7.33. The Balaban J connectivity index is 2.02. The second-order valence-corrected chi connectivity index (χ2v) is 8.36. The molecule has 6 atom stereocenters. The third-order valence-corrected chi connectivity index (χ3v) is 7.33. The van der Waals surface area contributed by atoms with Gasteiger partial charge < -0.3 is 0 Å². The summed E-state index contributed by atoms with van der Waals surface area (Å²) >= 11 is 0. The van der Waals surface area contributed by atoms with Crippen LogP contribution in [0.1, 0.15) is 52.9 Å². The van der Waals surface area contributed by atoms with Crippen molar-refractivity contribution in [3.8, 4) is 0 Å². The minimum atomic E-state index is -0.112. The highest BCUT2D eigenvalue weighted by Crippen LogP contribution is 2.70. The number of Topliss-reactive ketones (excluding diaryl/α,β-unsaturated/α-hetero) is 1. The molecule has 1 nitrogen and oxygen atoms in total. The fourth-order valence-electron chi connectivity index (χ4n) is 6.11. The Morgan fingerprint density at radius 3 is 2.67 bits per heavy atom. The first-order chi connectivity index (χ1) is 9.91. The molecule has 0 aliphatic heterocycles. The van der Waals surface area contributed by atoms with Gasteiger partial charge in [-0.1, -0.05) is 39.3 Å². The molecule has 0 aromatic rings. The van der Waals surface area contributed by atoms with Crippen LogP contribution in [0.4, 0.5) is 0 Å². The van der Waals surface area contributed by atoms with Crippen molar-refractivity contribution < 1.29 is 4.79 Å². The molecule has 0 unspecified atom stereocenters. The summed E-state index contributed by atoms with van der Waals surface area (Å²) in [5.41, 5.74) is 0.237. The molecular weight excluding hydrogens is 256 g/mol. The molecule has 0 bridgehead atoms. The van der Waals surface area contributed by atoms with Crippen LogP contribution in [-0.4, -0.2) is 5.78 Å². The van der Waals surface area contributed by atoms with Crippen molar-refractivity contribution in [2.24, 2.45) is 40.4 Å². The van der Waals surface area contributed by atoms with Gasteiger partial charge in [0.25, 0.3) is 0 Å². The summed E-state index contributed by atoms with van der Waals surface area (Å²) in [6.45, 7) is 15.0. The van der Waals surface area contributed by atoms with Gasteiger partial charge in [-0.05, 0) is 54.8 Å². The summed E-state index contributed by atoms with van der Waals surface area (Å²) in [6, 6.07) is 0. The maximum absolute atomic E-state index is 13.6. The van der Waals surface area contributed by atoms with Crippen LogP contribution in [0, 0.1) is 40.4 Å². The van der Waals surface area contributed by atoms with Crippen molar-refractivity contribution in [1.29, 1.82) is 0 Å². The SMILES string of the molecule is C=CC[C@@H]1C(=O)[C@]2(CCC[C@H]2C=C)[C@H](C)C[C@@H]2[C@H]1C2(C)C. The lowest BCUT2D eigenvalue weighted by atomic mass is 9.62. The van der Waals surface area contributed by atoms with E-state index in [-0.39, 0.29) is 11.3 Å². The van der Waals surface area contributed by atoms with Gasteiger partial charge >= 0.3 is 0 Å². The van der Waals surface area contributed by atoms with Crippen molar-refractivity contribution in [3.63, 3.8) is 0 Å². The minimum absolute atomic E-state index is 0.112. The first-order valence-corrected chi connectivity index (χ1v) is 8.69. The lowest BCUT2D eigenvalue weighted by Gasteiger charge is -2.40. The monoisotopic (exact) mass is 286 g/mol. The highest BCUT2D eigenvalue weighted by Gasteiger charge is 2.68. The van der Waals surface area contributed by atoms with Gasteiger partial charge in [-0.15, -0.1) is 13.2 Å². The van der Waals surface area contributed by atoms with Crippen LogP contribution < -0.4 is 0 Å². The summed E-state index contributed by atoms with van der Waals surface area (Å²) in [4.78, 5) is 13.6. The molecule has 3 rings (SSSR count). The van der Waals surface area contributed by atoms with E-state index in [1.165, 1.54) is 12.8 Å². The average Bonchev–Trinajstić information content (AvgIpc) is 2.84. The summed E-state index contributed by atoms with van der Waals surface area (Å²) in [5, 5.41) is 0. The smallest absolute Gasteiger partial charge is 0.143 e. The van der Waals surface area contributed by atoms with E-state index < -0.39 is 0 Å². The zero-order valence-electron chi connectivity index (χ0n) is 13.9. The van der Waals surface area contributed by atoms with Crippen LogP contribution in [0.2, 0.25) is 0 Å². The van der Waals surface area contributed by atoms with E-state index in [2.05, 4.69) is 40.0 Å². The molecule has 21 heavy (non-hydrogen) atoms. The predicted molar refractivity (Wildman–Crippen MR) is 87.8 cm³/mol. The molecular formula is C20H30O. The van der Waals surface area contributed by atoms with Crippen LogP contribution in [0.5, 0.6) is 0 Å². The fraction of sp³-hybridized carbons (Fsp3) is 0.750. The Hall–Kier alpha value is -0.850. The molecule has 3 aliphatic carbocycles. The Labute approximate surface area is 129 Å². The molecule has 1 spiro atoms. The summed E-state index contributed by atoms with van der Waals surface area (Å²) in [5.74, 6) is 2.96. The van der Waals surface area contributed by atoms with Gasteiger partial charge in [0.15, 0.2) is 0 Å². The first kappa shape index (κ1) is 15.1. The number of carbonyl (C=O) groups excluding carboxylic acids is 1. The van der Waals surface area contributed by atoms with Gasteiger partial charge in [-0.25, -0.2) is 0 Å². The maximum Gasteiger partial charge on any atom is 0.143 e. The van der Waals surface area contributed by atoms with Crippen molar-refractivity contribution >= 4 is 5.78 Å². The number of rotatable bonds is 3. The van der Waals surface area contributed by atoms with Gasteiger partial charge in [0.1, 0.15) is 5.78 Å². The highest BCUT2D eigenvalue weighted by atomic mass is 16.1.